The lowest BCUT2D eigenvalue weighted by Crippen LogP contribution is -2.71. The maximum Gasteiger partial charge on any atom is 0.278 e. The predicted octanol–water partition coefficient (Wildman–Crippen LogP) is -0.0374. The van der Waals surface area contributed by atoms with Crippen LogP contribution in [0.15, 0.2) is 50.0 Å². The van der Waals surface area contributed by atoms with Crippen molar-refractivity contribution in [1.29, 1.82) is 0 Å². The van der Waals surface area contributed by atoms with Crippen molar-refractivity contribution in [3.63, 3.8) is 0 Å². The van der Waals surface area contributed by atoms with Crippen molar-refractivity contribution in [3.05, 3.63) is 46.3 Å². The van der Waals surface area contributed by atoms with Crippen LogP contribution < -0.4 is 20.7 Å². The van der Waals surface area contributed by atoms with Gasteiger partial charge in [0.05, 0.1) is 17.4 Å². The lowest BCUT2D eigenvalue weighted by molar-refractivity contribution is -0.671. The van der Waals surface area contributed by atoms with Crippen LogP contribution in [0, 0.1) is 0 Å². The van der Waals surface area contributed by atoms with Gasteiger partial charge in [-0.15, -0.1) is 23.1 Å². The molecule has 2 aliphatic rings. The second-order valence-corrected chi connectivity index (χ2v) is 11.9. The lowest BCUT2D eigenvalue weighted by Gasteiger charge is -2.50. The van der Waals surface area contributed by atoms with E-state index in [0.29, 0.717) is 20.5 Å². The summed E-state index contributed by atoms with van der Waals surface area (Å²) in [5, 5.41) is 19.7. The van der Waals surface area contributed by atoms with E-state index in [1.54, 1.807) is 24.4 Å². The summed E-state index contributed by atoms with van der Waals surface area (Å²) in [6.07, 6.45) is 2.87. The number of aliphatic carboxylic acids is 1. The first-order valence-corrected chi connectivity index (χ1v) is 14.6. The number of amides is 2. The van der Waals surface area contributed by atoms with Gasteiger partial charge >= 0.3 is 0 Å². The van der Waals surface area contributed by atoms with Crippen LogP contribution in [0.2, 0.25) is 0 Å². The molecule has 2 aliphatic heterocycles. The van der Waals surface area contributed by atoms with Crippen molar-refractivity contribution in [3.8, 4) is 11.3 Å². The number of aryl methyl sites for hydroxylation is 1. The highest BCUT2D eigenvalue weighted by atomic mass is 32.2. The Kier molecular flexibility index (Phi) is 6.76. The van der Waals surface area contributed by atoms with Gasteiger partial charge in [0, 0.05) is 45.3 Å². The summed E-state index contributed by atoms with van der Waals surface area (Å²) in [7, 11) is 0. The number of nitrogen functional groups attached to an aromatic ring is 1. The van der Waals surface area contributed by atoms with Gasteiger partial charge in [0.15, 0.2) is 21.9 Å². The number of nitrogens with one attached hydrogen (secondary N) is 1. The molecule has 0 saturated carbocycles. The Morgan fingerprint density at radius 2 is 2.21 bits per heavy atom. The number of carbonyl (C=O) groups is 3. The molecular formula is C22H20N8O5S4. The van der Waals surface area contributed by atoms with Crippen LogP contribution in [0.1, 0.15) is 16.9 Å². The van der Waals surface area contributed by atoms with Crippen LogP contribution in [0.25, 0.3) is 11.3 Å². The Morgan fingerprint density at radius 3 is 2.87 bits per heavy atom. The molecule has 0 spiro atoms. The first-order chi connectivity index (χ1) is 20.0. The molecule has 17 heteroatoms. The highest BCUT2D eigenvalue weighted by molar-refractivity contribution is 8.07. The average Bonchev–Trinajstić information content (AvgIpc) is 3.60. The molecule has 5 heterocycles. The topological polar surface area (TPSA) is 180 Å². The summed E-state index contributed by atoms with van der Waals surface area (Å²) < 4.78 is 28.0. The third kappa shape index (κ3) is 5.47. The summed E-state index contributed by atoms with van der Waals surface area (Å²) in [5.41, 5.74) is 6.33. The molecule has 3 aromatic rings. The number of pyridine rings is 1. The van der Waals surface area contributed by atoms with Crippen molar-refractivity contribution in [2.75, 3.05) is 18.1 Å². The highest BCUT2D eigenvalue weighted by Gasteiger charge is 2.53. The molecule has 2 amide bonds. The fourth-order valence-corrected chi connectivity index (χ4v) is 7.54. The van der Waals surface area contributed by atoms with Gasteiger partial charge < -0.3 is 25.8 Å². The highest BCUT2D eigenvalue weighted by Crippen LogP contribution is 2.45. The quantitative estimate of drug-likeness (QED) is 0.109. The molecule has 13 nitrogen and oxygen atoms in total. The number of hydrogen-bond donors (Lipinski definition) is 2. The molecule has 0 unspecified atom stereocenters. The number of carbonyl (C=O) groups excluding carboxylic acids is 3. The standard InChI is InChI=1S/C22H20N8O5S4/c1-3-35-27-13(16-26-21(23)39-28-16)17(31)25-14-18(32)30-15(20(33)34)12(9-36-19(14)30)38-22-24-11(8-37-22)10-4-6-29(2)7-5-10/h4-8,14,19H,3,9H2,1-2H3,(H3-,23,25,26,28,31,33,34)/b27-13-/t14-,19-/m1/s1/i2+1D3. The van der Waals surface area contributed by atoms with Crippen molar-refractivity contribution >= 4 is 75.0 Å². The van der Waals surface area contributed by atoms with E-state index >= 15 is 0 Å². The fourth-order valence-electron chi connectivity index (χ4n) is 3.65. The first-order valence-electron chi connectivity index (χ1n) is 12.6. The molecule has 0 aromatic carbocycles. The zero-order valence-corrected chi connectivity index (χ0v) is 23.2. The SMILES string of the molecule is [2H][13C]([2H])([2H])[n+]1ccc(-c2csc(SC3=C(C(=O)[O-])N4C(=O)[C@@H](NC(=O)/C(=N\OCC)c5nsc(N)n5)[C@H]4SC3)n2)cc1. The Morgan fingerprint density at radius 1 is 1.41 bits per heavy atom. The van der Waals surface area contributed by atoms with Crippen LogP contribution in [-0.4, -0.2) is 66.5 Å². The maximum atomic E-state index is 13.1. The molecule has 0 radical (unpaired) electrons. The lowest BCUT2D eigenvalue weighted by atomic mass is 10.0. The van der Waals surface area contributed by atoms with Gasteiger partial charge in [-0.25, -0.2) is 9.55 Å². The number of anilines is 1. The summed E-state index contributed by atoms with van der Waals surface area (Å²) in [6.45, 7) is -0.460. The third-order valence-electron chi connectivity index (χ3n) is 5.39. The van der Waals surface area contributed by atoms with E-state index in [9.17, 15) is 19.5 Å². The largest absolute Gasteiger partial charge is 0.543 e. The normalized spacial score (nSPS) is 20.4. The van der Waals surface area contributed by atoms with Crippen LogP contribution in [0.4, 0.5) is 5.13 Å². The number of fused-ring (bicyclic) bond motifs is 1. The Balaban J connectivity index is 1.31. The van der Waals surface area contributed by atoms with Gasteiger partial charge in [-0.3, -0.25) is 14.5 Å². The number of β-lactam (4-membered cyclic amide) rings is 1. The summed E-state index contributed by atoms with van der Waals surface area (Å²) >= 11 is 4.51. The van der Waals surface area contributed by atoms with Crippen molar-refractivity contribution < 1.29 is 33.0 Å². The molecule has 202 valence electrons. The molecule has 1 saturated heterocycles. The van der Waals surface area contributed by atoms with E-state index in [1.165, 1.54) is 35.5 Å². The zero-order chi connectivity index (χ0) is 30.2. The predicted molar refractivity (Wildman–Crippen MR) is 144 cm³/mol. The van der Waals surface area contributed by atoms with Crippen LogP contribution >= 0.6 is 46.4 Å². The second-order valence-electron chi connectivity index (χ2n) is 7.83. The molecule has 3 aromatic heterocycles. The van der Waals surface area contributed by atoms with Crippen molar-refractivity contribution in [2.45, 2.75) is 22.7 Å². The molecule has 0 bridgehead atoms. The monoisotopic (exact) mass is 608 g/mol. The number of hydrogen-bond acceptors (Lipinski definition) is 14. The number of oxime groups is 1. The van der Waals surface area contributed by atoms with E-state index in [1.807, 2.05) is 0 Å². The van der Waals surface area contributed by atoms with Crippen LogP contribution in [0.3, 0.4) is 0 Å². The maximum absolute atomic E-state index is 13.1. The number of carboxylic acid groups (broad SMARTS) is 1. The van der Waals surface area contributed by atoms with E-state index < -0.39 is 36.2 Å². The Bertz CT molecular complexity index is 1610. The molecule has 1 fully saturated rings. The van der Waals surface area contributed by atoms with Gasteiger partial charge in [0.1, 0.15) is 29.1 Å². The van der Waals surface area contributed by atoms with Gasteiger partial charge in [-0.2, -0.15) is 9.36 Å². The number of thiazole rings is 1. The van der Waals surface area contributed by atoms with E-state index in [-0.39, 0.29) is 34.7 Å². The minimum atomic E-state index is -2.30. The third-order valence-corrected chi connectivity index (χ3v) is 9.41. The number of thioether (sulfide) groups is 2. The van der Waals surface area contributed by atoms with Crippen LogP contribution in [-0.2, 0) is 26.2 Å². The molecular weight excluding hydrogens is 586 g/mol. The molecule has 0 aliphatic carbocycles. The minimum absolute atomic E-state index is 0.0628. The molecule has 5 rings (SSSR count). The second kappa shape index (κ2) is 11.3. The Labute approximate surface area is 242 Å². The zero-order valence-electron chi connectivity index (χ0n) is 22.9. The van der Waals surface area contributed by atoms with E-state index in [2.05, 4.69) is 24.8 Å². The van der Waals surface area contributed by atoms with E-state index in [0.717, 1.165) is 32.8 Å². The minimum Gasteiger partial charge on any atom is -0.543 e. The van der Waals surface area contributed by atoms with Crippen LogP contribution in [0.5, 0.6) is 0 Å². The number of nitrogens with two attached hydrogens (primary N) is 1. The van der Waals surface area contributed by atoms with Crippen molar-refractivity contribution in [1.82, 2.24) is 24.6 Å². The average molecular weight is 609 g/mol. The van der Waals surface area contributed by atoms with Gasteiger partial charge in [0.25, 0.3) is 11.8 Å². The number of rotatable bonds is 9. The molecule has 2 atom stereocenters. The number of nitrogens with zero attached hydrogens (tertiary/aromatic N) is 6. The summed E-state index contributed by atoms with van der Waals surface area (Å²) in [5.74, 6) is -2.79. The molecule has 3 N–H and O–H groups in total. The van der Waals surface area contributed by atoms with E-state index in [4.69, 9.17) is 14.7 Å². The van der Waals surface area contributed by atoms with Crippen molar-refractivity contribution in [2.24, 2.45) is 12.1 Å². The number of aromatic nitrogens is 4. The molecule has 39 heavy (non-hydrogen) atoms. The summed E-state index contributed by atoms with van der Waals surface area (Å²) in [4.78, 5) is 53.2. The summed E-state index contributed by atoms with van der Waals surface area (Å²) in [6, 6.07) is 2.22. The Hall–Kier alpha value is -3.54. The fraction of sp³-hybridized carbons (Fsp3) is 0.273. The number of carboxylic acids is 1. The smallest absolute Gasteiger partial charge is 0.278 e. The first kappa shape index (κ1) is 23.4. The van der Waals surface area contributed by atoms with Gasteiger partial charge in [-0.1, -0.05) is 16.9 Å². The van der Waals surface area contributed by atoms with Gasteiger partial charge in [0.2, 0.25) is 11.5 Å². The van der Waals surface area contributed by atoms with Gasteiger partial charge in [-0.05, 0) is 6.92 Å².